The Morgan fingerprint density at radius 2 is 2.35 bits per heavy atom. The molecule has 2 rings (SSSR count). The number of thiol groups is 1. The minimum absolute atomic E-state index is 0.170. The molecule has 1 aromatic heterocycles. The molecule has 0 bridgehead atoms. The summed E-state index contributed by atoms with van der Waals surface area (Å²) in [4.78, 5) is 24.9. The minimum Gasteiger partial charge on any atom is -0.475 e. The van der Waals surface area contributed by atoms with Crippen LogP contribution in [0.2, 0.25) is 0 Å². The molecule has 1 unspecified atom stereocenters. The largest absolute Gasteiger partial charge is 0.475 e. The number of rotatable bonds is 3. The molecule has 0 radical (unpaired) electrons. The van der Waals surface area contributed by atoms with Gasteiger partial charge >= 0.3 is 5.69 Å². The third kappa shape index (κ3) is 2.46. The van der Waals surface area contributed by atoms with Gasteiger partial charge in [0.25, 0.3) is 5.56 Å². The van der Waals surface area contributed by atoms with E-state index in [2.05, 4.69) is 24.2 Å². The van der Waals surface area contributed by atoms with E-state index in [4.69, 9.17) is 4.74 Å². The van der Waals surface area contributed by atoms with E-state index in [0.717, 1.165) is 18.6 Å². The average Bonchev–Trinajstić information content (AvgIpc) is 2.60. The van der Waals surface area contributed by atoms with Crippen molar-refractivity contribution in [2.45, 2.75) is 19.1 Å². The Morgan fingerprint density at radius 3 is 3.00 bits per heavy atom. The Labute approximate surface area is 104 Å². The second kappa shape index (κ2) is 4.83. The van der Waals surface area contributed by atoms with E-state index < -0.39 is 11.2 Å². The molecule has 92 valence electrons. The zero-order chi connectivity index (χ0) is 12.4. The fourth-order valence-electron chi connectivity index (χ4n) is 2.03. The minimum atomic E-state index is -0.457. The van der Waals surface area contributed by atoms with Gasteiger partial charge in [0.05, 0.1) is 5.76 Å². The molecule has 2 atom stereocenters. The standard InChI is InChI=1S/C11H14N2O3S/c1-7-6-8(3-5-17)10(16-7)13-4-2-9(14)12-11(13)15/h2,4,8,10,17H,1,3,5-6H2,(H,12,14,15)/t8-,10?/m0/s1. The predicted octanol–water partition coefficient (Wildman–Crippen LogP) is 0.905. The molecule has 0 amide bonds. The molecule has 1 saturated heterocycles. The maximum Gasteiger partial charge on any atom is 0.331 e. The zero-order valence-electron chi connectivity index (χ0n) is 9.26. The van der Waals surface area contributed by atoms with Crippen LogP contribution in [-0.4, -0.2) is 15.3 Å². The highest BCUT2D eigenvalue weighted by Crippen LogP contribution is 2.37. The summed E-state index contributed by atoms with van der Waals surface area (Å²) in [5.41, 5.74) is -0.866. The second-order valence-electron chi connectivity index (χ2n) is 4.04. The number of hydrogen-bond acceptors (Lipinski definition) is 4. The van der Waals surface area contributed by atoms with Crippen LogP contribution in [0.25, 0.3) is 0 Å². The van der Waals surface area contributed by atoms with E-state index in [9.17, 15) is 9.59 Å². The Morgan fingerprint density at radius 1 is 1.59 bits per heavy atom. The molecule has 17 heavy (non-hydrogen) atoms. The van der Waals surface area contributed by atoms with Crippen LogP contribution in [0.5, 0.6) is 0 Å². The van der Waals surface area contributed by atoms with Crippen molar-refractivity contribution in [3.8, 4) is 0 Å². The molecule has 0 aromatic carbocycles. The van der Waals surface area contributed by atoms with Crippen LogP contribution in [0.15, 0.2) is 34.2 Å². The van der Waals surface area contributed by atoms with Crippen LogP contribution in [0.4, 0.5) is 0 Å². The Hall–Kier alpha value is -1.43. The summed E-state index contributed by atoms with van der Waals surface area (Å²) in [5.74, 6) is 1.55. The predicted molar refractivity (Wildman–Crippen MR) is 67.2 cm³/mol. The van der Waals surface area contributed by atoms with E-state index in [1.165, 1.54) is 16.8 Å². The van der Waals surface area contributed by atoms with Crippen molar-refractivity contribution in [2.75, 3.05) is 5.75 Å². The molecule has 1 aliphatic heterocycles. The molecular weight excluding hydrogens is 240 g/mol. The molecule has 0 spiro atoms. The number of hydrogen-bond donors (Lipinski definition) is 2. The Kier molecular flexibility index (Phi) is 3.42. The van der Waals surface area contributed by atoms with Crippen molar-refractivity contribution < 1.29 is 4.74 Å². The van der Waals surface area contributed by atoms with Crippen LogP contribution >= 0.6 is 12.6 Å². The highest BCUT2D eigenvalue weighted by Gasteiger charge is 2.32. The third-order valence-electron chi connectivity index (χ3n) is 2.81. The summed E-state index contributed by atoms with van der Waals surface area (Å²) in [7, 11) is 0. The molecule has 1 aliphatic rings. The van der Waals surface area contributed by atoms with Gasteiger partial charge in [-0.25, -0.2) is 4.79 Å². The van der Waals surface area contributed by atoms with Gasteiger partial charge in [-0.1, -0.05) is 6.58 Å². The summed E-state index contributed by atoms with van der Waals surface area (Å²) >= 11 is 4.19. The lowest BCUT2D eigenvalue weighted by molar-refractivity contribution is 0.0603. The Balaban J connectivity index is 2.34. The first kappa shape index (κ1) is 12.0. The van der Waals surface area contributed by atoms with E-state index >= 15 is 0 Å². The summed E-state index contributed by atoms with van der Waals surface area (Å²) in [6.07, 6.45) is 2.62. The molecule has 5 nitrogen and oxygen atoms in total. The fraction of sp³-hybridized carbons (Fsp3) is 0.455. The number of ether oxygens (including phenoxy) is 1. The van der Waals surface area contributed by atoms with Gasteiger partial charge in [-0.15, -0.1) is 0 Å². The molecule has 2 heterocycles. The molecule has 0 saturated carbocycles. The summed E-state index contributed by atoms with van der Waals surface area (Å²) < 4.78 is 6.94. The fourth-order valence-corrected chi connectivity index (χ4v) is 2.36. The lowest BCUT2D eigenvalue weighted by Gasteiger charge is -2.19. The highest BCUT2D eigenvalue weighted by atomic mass is 32.1. The van der Waals surface area contributed by atoms with Crippen molar-refractivity contribution in [3.05, 3.63) is 45.4 Å². The van der Waals surface area contributed by atoms with E-state index in [-0.39, 0.29) is 12.1 Å². The van der Waals surface area contributed by atoms with E-state index in [1.54, 1.807) is 0 Å². The van der Waals surface area contributed by atoms with Gasteiger partial charge in [0.15, 0.2) is 6.23 Å². The average molecular weight is 254 g/mol. The summed E-state index contributed by atoms with van der Waals surface area (Å²) in [6.45, 7) is 3.78. The van der Waals surface area contributed by atoms with Gasteiger partial charge < -0.3 is 4.74 Å². The third-order valence-corrected chi connectivity index (χ3v) is 3.06. The number of H-pyrrole nitrogens is 1. The molecule has 1 N–H and O–H groups in total. The van der Waals surface area contributed by atoms with Gasteiger partial charge in [-0.05, 0) is 12.2 Å². The van der Waals surface area contributed by atoms with Gasteiger partial charge in [-0.3, -0.25) is 14.3 Å². The van der Waals surface area contributed by atoms with Crippen LogP contribution in [0.3, 0.4) is 0 Å². The van der Waals surface area contributed by atoms with Gasteiger partial charge in [0.1, 0.15) is 0 Å². The number of aromatic amines is 1. The first-order chi connectivity index (χ1) is 8.11. The van der Waals surface area contributed by atoms with Crippen molar-refractivity contribution in [1.29, 1.82) is 0 Å². The molecule has 6 heteroatoms. The smallest absolute Gasteiger partial charge is 0.331 e. The maximum atomic E-state index is 11.7. The second-order valence-corrected chi connectivity index (χ2v) is 4.49. The van der Waals surface area contributed by atoms with Crippen LogP contribution in [0, 0.1) is 5.92 Å². The molecule has 0 aliphatic carbocycles. The Bertz CT molecular complexity index is 534. The van der Waals surface area contributed by atoms with Gasteiger partial charge in [0.2, 0.25) is 0 Å². The first-order valence-electron chi connectivity index (χ1n) is 5.38. The number of nitrogens with one attached hydrogen (secondary N) is 1. The van der Waals surface area contributed by atoms with Crippen LogP contribution < -0.4 is 11.2 Å². The summed E-state index contributed by atoms with van der Waals surface area (Å²) in [6, 6.07) is 1.31. The van der Waals surface area contributed by atoms with E-state index in [1.807, 2.05) is 0 Å². The first-order valence-corrected chi connectivity index (χ1v) is 6.02. The number of allylic oxidation sites excluding steroid dienone is 1. The van der Waals surface area contributed by atoms with Crippen LogP contribution in [-0.2, 0) is 4.74 Å². The van der Waals surface area contributed by atoms with Crippen LogP contribution in [0.1, 0.15) is 19.1 Å². The SMILES string of the molecule is C=C1C[C@H](CCS)C(n2ccc(=O)[nH]c2=O)O1. The lowest BCUT2D eigenvalue weighted by Crippen LogP contribution is -2.33. The molecular formula is C11H14N2O3S. The number of nitrogens with zero attached hydrogens (tertiary/aromatic N) is 1. The van der Waals surface area contributed by atoms with Crippen molar-refractivity contribution in [1.82, 2.24) is 9.55 Å². The molecule has 1 fully saturated rings. The van der Waals surface area contributed by atoms with Crippen molar-refractivity contribution >= 4 is 12.6 Å². The van der Waals surface area contributed by atoms with Crippen molar-refractivity contribution in [2.24, 2.45) is 5.92 Å². The number of aromatic nitrogens is 2. The van der Waals surface area contributed by atoms with Crippen molar-refractivity contribution in [3.63, 3.8) is 0 Å². The lowest BCUT2D eigenvalue weighted by atomic mass is 10.0. The van der Waals surface area contributed by atoms with Gasteiger partial charge in [0, 0.05) is 24.6 Å². The quantitative estimate of drug-likeness (QED) is 0.788. The van der Waals surface area contributed by atoms with E-state index in [0.29, 0.717) is 5.76 Å². The summed E-state index contributed by atoms with van der Waals surface area (Å²) in [5, 5.41) is 0. The highest BCUT2D eigenvalue weighted by molar-refractivity contribution is 7.80. The maximum absolute atomic E-state index is 11.7. The normalized spacial score (nSPS) is 23.7. The van der Waals surface area contributed by atoms with Gasteiger partial charge in [-0.2, -0.15) is 12.6 Å². The molecule has 1 aromatic rings. The monoisotopic (exact) mass is 254 g/mol. The topological polar surface area (TPSA) is 64.1 Å². The zero-order valence-corrected chi connectivity index (χ0v) is 10.2.